The predicted octanol–water partition coefficient (Wildman–Crippen LogP) is 3.43. The van der Waals surface area contributed by atoms with E-state index < -0.39 is 0 Å². The lowest BCUT2D eigenvalue weighted by atomic mass is 9.99. The quantitative estimate of drug-likeness (QED) is 0.743. The summed E-state index contributed by atoms with van der Waals surface area (Å²) < 4.78 is 5.83. The third-order valence-electron chi connectivity index (χ3n) is 4.80. The predicted molar refractivity (Wildman–Crippen MR) is 106 cm³/mol. The Kier molecular flexibility index (Phi) is 5.47. The largest absolute Gasteiger partial charge is 0.471 e. The van der Waals surface area contributed by atoms with E-state index >= 15 is 0 Å². The number of hydrogen-bond donors (Lipinski definition) is 1. The average molecular weight is 374 g/mol. The third kappa shape index (κ3) is 4.28. The fraction of sp³-hybridized carbons (Fsp3) is 0.227. The molecule has 0 bridgehead atoms. The number of aromatic nitrogens is 2. The topological polar surface area (TPSA) is 67.4 Å². The van der Waals surface area contributed by atoms with Gasteiger partial charge in [0.2, 0.25) is 5.88 Å². The summed E-state index contributed by atoms with van der Waals surface area (Å²) in [6.45, 7) is 1.17. The number of ether oxygens (including phenoxy) is 1. The summed E-state index contributed by atoms with van der Waals surface area (Å²) in [5, 5.41) is 10.9. The van der Waals surface area contributed by atoms with Crippen LogP contribution < -0.4 is 10.1 Å². The maximum absolute atomic E-state index is 12.9. The highest BCUT2D eigenvalue weighted by atomic mass is 16.5. The van der Waals surface area contributed by atoms with Gasteiger partial charge in [0.1, 0.15) is 6.10 Å². The van der Waals surface area contributed by atoms with Gasteiger partial charge in [0.15, 0.2) is 0 Å². The molecule has 6 heteroatoms. The summed E-state index contributed by atoms with van der Waals surface area (Å²) in [4.78, 5) is 14.7. The second-order valence-corrected chi connectivity index (χ2v) is 6.74. The normalized spacial score (nSPS) is 16.2. The molecular weight excluding hydrogens is 352 g/mol. The van der Waals surface area contributed by atoms with Crippen LogP contribution in [-0.2, 0) is 0 Å². The molecule has 0 aliphatic carbocycles. The highest BCUT2D eigenvalue weighted by Gasteiger charge is 2.29. The number of urea groups is 1. The van der Waals surface area contributed by atoms with Crippen molar-refractivity contribution in [1.29, 1.82) is 0 Å². The van der Waals surface area contributed by atoms with Gasteiger partial charge in [-0.1, -0.05) is 60.7 Å². The molecule has 1 aliphatic heterocycles. The van der Waals surface area contributed by atoms with Crippen molar-refractivity contribution in [3.63, 3.8) is 0 Å². The summed E-state index contributed by atoms with van der Waals surface area (Å²) in [6, 6.07) is 23.3. The Morgan fingerprint density at radius 2 is 1.68 bits per heavy atom. The Morgan fingerprint density at radius 1 is 1.00 bits per heavy atom. The van der Waals surface area contributed by atoms with E-state index in [-0.39, 0.29) is 18.2 Å². The molecule has 4 rings (SSSR count). The minimum atomic E-state index is -0.199. The first-order valence-corrected chi connectivity index (χ1v) is 9.39. The van der Waals surface area contributed by atoms with Gasteiger partial charge in [0.25, 0.3) is 0 Å². The minimum Gasteiger partial charge on any atom is -0.471 e. The molecule has 3 aromatic rings. The van der Waals surface area contributed by atoms with Crippen molar-refractivity contribution in [3.8, 4) is 5.88 Å². The molecule has 0 radical (unpaired) electrons. The summed E-state index contributed by atoms with van der Waals surface area (Å²) in [5.74, 6) is 0.487. The summed E-state index contributed by atoms with van der Waals surface area (Å²) >= 11 is 0. The number of rotatable bonds is 5. The van der Waals surface area contributed by atoms with E-state index in [1.807, 2.05) is 60.7 Å². The Hall–Kier alpha value is -3.41. The van der Waals surface area contributed by atoms with Crippen molar-refractivity contribution < 1.29 is 9.53 Å². The van der Waals surface area contributed by atoms with E-state index in [1.54, 1.807) is 23.2 Å². The highest BCUT2D eigenvalue weighted by Crippen LogP contribution is 2.23. The van der Waals surface area contributed by atoms with E-state index in [4.69, 9.17) is 4.74 Å². The number of amides is 2. The molecule has 2 heterocycles. The highest BCUT2D eigenvalue weighted by molar-refractivity contribution is 5.75. The molecule has 6 nitrogen and oxygen atoms in total. The second-order valence-electron chi connectivity index (χ2n) is 6.74. The first-order chi connectivity index (χ1) is 13.8. The summed E-state index contributed by atoms with van der Waals surface area (Å²) in [7, 11) is 0. The van der Waals surface area contributed by atoms with Gasteiger partial charge in [-0.2, -0.15) is 5.10 Å². The monoisotopic (exact) mass is 374 g/mol. The number of nitrogens with zero attached hydrogens (tertiary/aromatic N) is 3. The van der Waals surface area contributed by atoms with Crippen LogP contribution in [0.4, 0.5) is 4.79 Å². The molecule has 142 valence electrons. The van der Waals surface area contributed by atoms with E-state index in [1.165, 1.54) is 0 Å². The van der Waals surface area contributed by atoms with E-state index in [2.05, 4.69) is 15.5 Å². The van der Waals surface area contributed by atoms with Gasteiger partial charge >= 0.3 is 6.03 Å². The minimum absolute atomic E-state index is 0.0747. The molecule has 1 unspecified atom stereocenters. The fourth-order valence-electron chi connectivity index (χ4n) is 3.39. The first-order valence-electron chi connectivity index (χ1n) is 9.39. The zero-order chi connectivity index (χ0) is 19.2. The Balaban J connectivity index is 1.43. The maximum atomic E-state index is 12.9. The van der Waals surface area contributed by atoms with E-state index in [0.717, 1.165) is 17.5 Å². The van der Waals surface area contributed by atoms with Gasteiger partial charge in [-0.15, -0.1) is 5.10 Å². The average Bonchev–Trinajstić information content (AvgIpc) is 3.22. The van der Waals surface area contributed by atoms with Gasteiger partial charge in [-0.05, 0) is 17.2 Å². The van der Waals surface area contributed by atoms with Gasteiger partial charge < -0.3 is 15.0 Å². The molecule has 1 saturated heterocycles. The smallest absolute Gasteiger partial charge is 0.318 e. The van der Waals surface area contributed by atoms with Crippen LogP contribution in [0, 0.1) is 0 Å². The molecule has 1 N–H and O–H groups in total. The number of nitrogens with one attached hydrogen (secondary N) is 1. The fourth-order valence-corrected chi connectivity index (χ4v) is 3.39. The number of benzene rings is 2. The van der Waals surface area contributed by atoms with Crippen molar-refractivity contribution in [2.45, 2.75) is 18.6 Å². The summed E-state index contributed by atoms with van der Waals surface area (Å²) in [6.07, 6.45) is 2.30. The van der Waals surface area contributed by atoms with E-state index in [9.17, 15) is 4.79 Å². The van der Waals surface area contributed by atoms with Crippen molar-refractivity contribution in [1.82, 2.24) is 20.4 Å². The number of carbonyl (C=O) groups is 1. The van der Waals surface area contributed by atoms with Crippen LogP contribution >= 0.6 is 0 Å². The third-order valence-corrected chi connectivity index (χ3v) is 4.80. The lowest BCUT2D eigenvalue weighted by molar-refractivity contribution is 0.181. The lowest BCUT2D eigenvalue weighted by Gasteiger charge is -2.24. The molecular formula is C22H22N4O2. The molecule has 1 aromatic heterocycles. The molecule has 28 heavy (non-hydrogen) atoms. The van der Waals surface area contributed by atoms with Crippen LogP contribution in [0.15, 0.2) is 79.0 Å². The SMILES string of the molecule is O=C(NC(c1ccccc1)c1ccccc1)N1CCC(Oc2cccnn2)C1. The standard InChI is InChI=1S/C22H22N4O2/c27-22(26-15-13-19(16-26)28-20-12-7-14-23-25-20)24-21(17-8-3-1-4-9-17)18-10-5-2-6-11-18/h1-12,14,19,21H,13,15-16H2,(H,24,27). The van der Waals surface area contributed by atoms with Gasteiger partial charge in [0.05, 0.1) is 12.6 Å². The molecule has 2 amide bonds. The van der Waals surface area contributed by atoms with Crippen LogP contribution in [0.5, 0.6) is 5.88 Å². The Bertz CT molecular complexity index is 851. The van der Waals surface area contributed by atoms with Crippen molar-refractivity contribution in [2.75, 3.05) is 13.1 Å². The zero-order valence-electron chi connectivity index (χ0n) is 15.4. The number of hydrogen-bond acceptors (Lipinski definition) is 4. The second kappa shape index (κ2) is 8.52. The van der Waals surface area contributed by atoms with Crippen LogP contribution in [0.25, 0.3) is 0 Å². The van der Waals surface area contributed by atoms with Crippen LogP contribution in [0.3, 0.4) is 0 Å². The van der Waals surface area contributed by atoms with E-state index in [0.29, 0.717) is 19.0 Å². The van der Waals surface area contributed by atoms with Crippen molar-refractivity contribution >= 4 is 6.03 Å². The Morgan fingerprint density at radius 3 is 2.29 bits per heavy atom. The van der Waals surface area contributed by atoms with Crippen molar-refractivity contribution in [2.24, 2.45) is 0 Å². The molecule has 0 saturated carbocycles. The van der Waals surface area contributed by atoms with Crippen LogP contribution in [0.1, 0.15) is 23.6 Å². The van der Waals surface area contributed by atoms with Gasteiger partial charge in [-0.25, -0.2) is 4.79 Å². The van der Waals surface area contributed by atoms with Gasteiger partial charge in [0, 0.05) is 25.2 Å². The maximum Gasteiger partial charge on any atom is 0.318 e. The molecule has 0 spiro atoms. The lowest BCUT2D eigenvalue weighted by Crippen LogP contribution is -2.41. The zero-order valence-corrected chi connectivity index (χ0v) is 15.4. The summed E-state index contributed by atoms with van der Waals surface area (Å²) in [5.41, 5.74) is 2.10. The van der Waals surface area contributed by atoms with Crippen LogP contribution in [-0.4, -0.2) is 40.3 Å². The number of likely N-dealkylation sites (tertiary alicyclic amines) is 1. The molecule has 1 fully saturated rings. The molecule has 1 aliphatic rings. The van der Waals surface area contributed by atoms with Gasteiger partial charge in [-0.3, -0.25) is 0 Å². The molecule has 2 aromatic carbocycles. The number of carbonyl (C=O) groups excluding carboxylic acids is 1. The van der Waals surface area contributed by atoms with Crippen LogP contribution in [0.2, 0.25) is 0 Å². The molecule has 1 atom stereocenters. The van der Waals surface area contributed by atoms with Crippen molar-refractivity contribution in [3.05, 3.63) is 90.1 Å². The Labute approximate surface area is 164 Å². The first kappa shape index (κ1) is 18.0.